The van der Waals surface area contributed by atoms with Crippen molar-refractivity contribution < 1.29 is 18.7 Å². The van der Waals surface area contributed by atoms with E-state index in [1.807, 2.05) is 16.7 Å². The largest absolute Gasteiger partial charge is 0.444 e. The highest BCUT2D eigenvalue weighted by Gasteiger charge is 2.51. The van der Waals surface area contributed by atoms with Crippen LogP contribution in [0, 0.1) is 17.1 Å². The lowest BCUT2D eigenvalue weighted by molar-refractivity contribution is -0.139. The average molecular weight is 498 g/mol. The molecule has 0 radical (unpaired) electrons. The van der Waals surface area contributed by atoms with E-state index in [0.29, 0.717) is 31.8 Å². The molecule has 5 atom stereocenters. The molecule has 4 rings (SSSR count). The van der Waals surface area contributed by atoms with Crippen molar-refractivity contribution in [3.8, 4) is 6.07 Å². The predicted octanol–water partition coefficient (Wildman–Crippen LogP) is 3.57. The molecule has 36 heavy (non-hydrogen) atoms. The maximum absolute atomic E-state index is 13.4. The number of rotatable bonds is 7. The van der Waals surface area contributed by atoms with Crippen LogP contribution in [0.1, 0.15) is 58.6 Å². The number of nitriles is 1. The van der Waals surface area contributed by atoms with Crippen molar-refractivity contribution in [1.82, 2.24) is 20.0 Å². The van der Waals surface area contributed by atoms with Gasteiger partial charge in [0.1, 0.15) is 17.5 Å². The molecule has 3 aliphatic heterocycles. The molecule has 0 aromatic heterocycles. The number of likely N-dealkylation sites (tertiary alicyclic amines) is 3. The Morgan fingerprint density at radius 2 is 2.03 bits per heavy atom. The topological polar surface area (TPSA) is 88.9 Å². The first kappa shape index (κ1) is 26.0. The number of piperazine rings is 1. The molecule has 3 heterocycles. The molecule has 0 aliphatic carbocycles. The van der Waals surface area contributed by atoms with Gasteiger partial charge in [-0.1, -0.05) is 18.7 Å². The van der Waals surface area contributed by atoms with Crippen molar-refractivity contribution in [2.75, 3.05) is 19.6 Å². The second-order valence-corrected chi connectivity index (χ2v) is 11.0. The third-order valence-electron chi connectivity index (χ3n) is 7.36. The summed E-state index contributed by atoms with van der Waals surface area (Å²) in [5.41, 5.74) is 0.910. The summed E-state index contributed by atoms with van der Waals surface area (Å²) in [6.07, 6.45) is 1.81. The zero-order chi connectivity index (χ0) is 26.2. The number of hydrogen-bond acceptors (Lipinski definition) is 6. The number of fused-ring (bicyclic) bond motifs is 2. The van der Waals surface area contributed by atoms with Crippen LogP contribution in [-0.2, 0) is 9.53 Å². The van der Waals surface area contributed by atoms with Crippen LogP contribution < -0.4 is 5.32 Å². The van der Waals surface area contributed by atoms with Crippen LogP contribution in [0.5, 0.6) is 0 Å². The number of carbonyl (C=O) groups excluding carboxylic acids is 2. The van der Waals surface area contributed by atoms with Gasteiger partial charge >= 0.3 is 6.09 Å². The molecule has 0 spiro atoms. The predicted molar refractivity (Wildman–Crippen MR) is 133 cm³/mol. The number of alkyl carbamates (subject to hydrolysis) is 1. The monoisotopic (exact) mass is 497 g/mol. The van der Waals surface area contributed by atoms with E-state index in [0.717, 1.165) is 18.4 Å². The van der Waals surface area contributed by atoms with E-state index in [-0.39, 0.29) is 35.9 Å². The van der Waals surface area contributed by atoms with Gasteiger partial charge in [-0.05, 0) is 64.7 Å². The lowest BCUT2D eigenvalue weighted by atomic mass is 10.1. The normalized spacial score (nSPS) is 25.6. The Labute approximate surface area is 212 Å². The molecule has 1 N–H and O–H groups in total. The van der Waals surface area contributed by atoms with Crippen molar-refractivity contribution in [3.05, 3.63) is 47.9 Å². The summed E-state index contributed by atoms with van der Waals surface area (Å²) < 4.78 is 18.9. The van der Waals surface area contributed by atoms with Crippen LogP contribution in [-0.4, -0.2) is 76.1 Å². The molecule has 3 aliphatic rings. The molecule has 1 aromatic rings. The van der Waals surface area contributed by atoms with Gasteiger partial charge in [-0.2, -0.15) is 5.26 Å². The second kappa shape index (κ2) is 10.1. The van der Waals surface area contributed by atoms with Gasteiger partial charge in [0.15, 0.2) is 0 Å². The number of ether oxygens (including phenoxy) is 1. The maximum Gasteiger partial charge on any atom is 0.408 e. The summed E-state index contributed by atoms with van der Waals surface area (Å²) in [6.45, 7) is 13.4. The summed E-state index contributed by atoms with van der Waals surface area (Å²) in [7, 11) is 0. The van der Waals surface area contributed by atoms with E-state index >= 15 is 0 Å². The van der Waals surface area contributed by atoms with Crippen LogP contribution >= 0.6 is 0 Å². The third-order valence-corrected chi connectivity index (χ3v) is 7.36. The van der Waals surface area contributed by atoms with Crippen LogP contribution in [0.3, 0.4) is 0 Å². The molecule has 2 bridgehead atoms. The Balaban J connectivity index is 1.47. The number of halogens is 1. The van der Waals surface area contributed by atoms with Gasteiger partial charge in [-0.3, -0.25) is 9.69 Å². The van der Waals surface area contributed by atoms with Crippen LogP contribution in [0.2, 0.25) is 0 Å². The first-order chi connectivity index (χ1) is 17.0. The van der Waals surface area contributed by atoms with E-state index in [1.165, 1.54) is 12.1 Å². The fourth-order valence-electron chi connectivity index (χ4n) is 5.66. The molecule has 2 amide bonds. The van der Waals surface area contributed by atoms with Crippen molar-refractivity contribution >= 4 is 12.0 Å². The molecule has 0 saturated carbocycles. The van der Waals surface area contributed by atoms with Crippen molar-refractivity contribution in [1.29, 1.82) is 5.26 Å². The highest BCUT2D eigenvalue weighted by molar-refractivity contribution is 5.86. The number of carbonyl (C=O) groups is 2. The van der Waals surface area contributed by atoms with Crippen molar-refractivity contribution in [3.63, 3.8) is 0 Å². The Morgan fingerprint density at radius 1 is 1.33 bits per heavy atom. The van der Waals surface area contributed by atoms with Crippen LogP contribution in [0.15, 0.2) is 36.5 Å². The van der Waals surface area contributed by atoms with Gasteiger partial charge in [0.25, 0.3) is 0 Å². The van der Waals surface area contributed by atoms with Crippen molar-refractivity contribution in [2.45, 2.75) is 82.8 Å². The quantitative estimate of drug-likeness (QED) is 0.620. The van der Waals surface area contributed by atoms with Gasteiger partial charge in [0.05, 0.1) is 24.2 Å². The molecule has 194 valence electrons. The van der Waals surface area contributed by atoms with Gasteiger partial charge < -0.3 is 19.9 Å². The summed E-state index contributed by atoms with van der Waals surface area (Å²) in [5, 5.41) is 12.5. The molecule has 3 unspecified atom stereocenters. The number of benzene rings is 1. The summed E-state index contributed by atoms with van der Waals surface area (Å²) in [5.74, 6) is -0.257. The number of nitrogens with zero attached hydrogens (tertiary/aromatic N) is 4. The molecule has 3 fully saturated rings. The van der Waals surface area contributed by atoms with E-state index in [1.54, 1.807) is 32.9 Å². The number of nitrogens with one attached hydrogen (secondary N) is 1. The minimum absolute atomic E-state index is 0.0386. The van der Waals surface area contributed by atoms with E-state index in [9.17, 15) is 19.2 Å². The fourth-order valence-corrected chi connectivity index (χ4v) is 5.66. The van der Waals surface area contributed by atoms with E-state index in [4.69, 9.17) is 4.74 Å². The molecule has 3 saturated heterocycles. The average Bonchev–Trinajstić information content (AvgIpc) is 3.51. The first-order valence-electron chi connectivity index (χ1n) is 12.6. The Hall–Kier alpha value is -3.12. The maximum atomic E-state index is 13.4. The molecule has 1 aromatic carbocycles. The summed E-state index contributed by atoms with van der Waals surface area (Å²) in [6, 6.07) is 7.44. The number of amides is 2. The molecule has 8 nitrogen and oxygen atoms in total. The summed E-state index contributed by atoms with van der Waals surface area (Å²) >= 11 is 0. The van der Waals surface area contributed by atoms with Gasteiger partial charge in [0.2, 0.25) is 5.91 Å². The standard InChI is InChI=1S/C27H36FN5O3/c1-17(19-8-10-20(28)11-9-19)33-22-13-24(25(33)34)31(15-22)16-23(30-26(35)36-27(3,4)5)18(2)32-12-6-7-21(32)14-29/h8-11,17,21-24H,2,6-7,12-13,15-16H2,1,3-5H3,(H,30,35)/t17-,21?,22-,23?,24?/m0/s1. The van der Waals surface area contributed by atoms with Crippen LogP contribution in [0.25, 0.3) is 0 Å². The zero-order valence-electron chi connectivity index (χ0n) is 21.5. The lowest BCUT2D eigenvalue weighted by Gasteiger charge is -2.40. The Kier molecular flexibility index (Phi) is 7.28. The van der Waals surface area contributed by atoms with E-state index in [2.05, 4.69) is 22.9 Å². The highest BCUT2D eigenvalue weighted by Crippen LogP contribution is 2.38. The first-order valence-corrected chi connectivity index (χ1v) is 12.6. The third kappa shape index (κ3) is 5.34. The van der Waals surface area contributed by atoms with E-state index < -0.39 is 17.7 Å². The molecular formula is C27H36FN5O3. The minimum atomic E-state index is -0.654. The summed E-state index contributed by atoms with van der Waals surface area (Å²) in [4.78, 5) is 32.0. The Bertz CT molecular complexity index is 1050. The van der Waals surface area contributed by atoms with Crippen molar-refractivity contribution in [2.24, 2.45) is 0 Å². The van der Waals surface area contributed by atoms with Gasteiger partial charge in [-0.15, -0.1) is 0 Å². The molecular weight excluding hydrogens is 461 g/mol. The van der Waals surface area contributed by atoms with Gasteiger partial charge in [0, 0.05) is 31.4 Å². The zero-order valence-corrected chi connectivity index (χ0v) is 21.5. The highest BCUT2D eigenvalue weighted by atomic mass is 19.1. The lowest BCUT2D eigenvalue weighted by Crippen LogP contribution is -2.56. The smallest absolute Gasteiger partial charge is 0.408 e. The van der Waals surface area contributed by atoms with Crippen LogP contribution in [0.4, 0.5) is 9.18 Å². The molecule has 9 heteroatoms. The fraction of sp³-hybridized carbons (Fsp3) is 0.593. The second-order valence-electron chi connectivity index (χ2n) is 11.0. The minimum Gasteiger partial charge on any atom is -0.444 e. The SMILES string of the molecule is C=C(C(CN1C[C@@H]2CC1C(=O)N2[C@@H](C)c1ccc(F)cc1)NC(=O)OC(C)(C)C)N1CCCC1C#N. The number of hydrogen-bond donors (Lipinski definition) is 1. The Morgan fingerprint density at radius 3 is 2.64 bits per heavy atom. The van der Waals surface area contributed by atoms with Gasteiger partial charge in [-0.25, -0.2) is 9.18 Å².